The minimum absolute atomic E-state index is 0.234. The van der Waals surface area contributed by atoms with Crippen molar-refractivity contribution in [2.24, 2.45) is 18.7 Å². The molecular formula is C13H26N4. The summed E-state index contributed by atoms with van der Waals surface area (Å²) in [5.74, 6) is 0.522. The van der Waals surface area contributed by atoms with Crippen LogP contribution in [0.2, 0.25) is 0 Å². The van der Waals surface area contributed by atoms with E-state index in [4.69, 9.17) is 5.73 Å². The Kier molecular flexibility index (Phi) is 4.71. The average Bonchev–Trinajstić information content (AvgIpc) is 2.45. The molecule has 0 amide bonds. The molecule has 4 nitrogen and oxygen atoms in total. The molecule has 0 bridgehead atoms. The Hall–Kier alpha value is -0.870. The predicted molar refractivity (Wildman–Crippen MR) is 71.8 cm³/mol. The normalized spacial score (nSPS) is 13.7. The Morgan fingerprint density at radius 3 is 2.35 bits per heavy atom. The van der Waals surface area contributed by atoms with Crippen LogP contribution in [0.15, 0.2) is 0 Å². The molecule has 0 aliphatic rings. The van der Waals surface area contributed by atoms with Crippen molar-refractivity contribution in [3.8, 4) is 0 Å². The van der Waals surface area contributed by atoms with Gasteiger partial charge in [0.2, 0.25) is 0 Å². The highest BCUT2D eigenvalue weighted by molar-refractivity contribution is 5.24. The lowest BCUT2D eigenvalue weighted by Gasteiger charge is -2.23. The fraction of sp³-hybridized carbons (Fsp3) is 0.769. The summed E-state index contributed by atoms with van der Waals surface area (Å²) < 4.78 is 1.95. The largest absolute Gasteiger partial charge is 0.326 e. The van der Waals surface area contributed by atoms with Crippen LogP contribution in [-0.2, 0) is 13.6 Å². The average molecular weight is 238 g/mol. The fourth-order valence-electron chi connectivity index (χ4n) is 1.95. The monoisotopic (exact) mass is 238 g/mol. The van der Waals surface area contributed by atoms with Gasteiger partial charge in [0, 0.05) is 37.4 Å². The van der Waals surface area contributed by atoms with Gasteiger partial charge in [-0.3, -0.25) is 4.68 Å². The van der Waals surface area contributed by atoms with Crippen LogP contribution >= 0.6 is 0 Å². The van der Waals surface area contributed by atoms with Gasteiger partial charge in [0.25, 0.3) is 0 Å². The van der Waals surface area contributed by atoms with Crippen molar-refractivity contribution in [1.29, 1.82) is 0 Å². The van der Waals surface area contributed by atoms with Crippen LogP contribution in [0.1, 0.15) is 30.8 Å². The first kappa shape index (κ1) is 14.2. The minimum atomic E-state index is 0.234. The van der Waals surface area contributed by atoms with Crippen LogP contribution in [0.4, 0.5) is 0 Å². The molecule has 1 aromatic heterocycles. The predicted octanol–water partition coefficient (Wildman–Crippen LogP) is 1.45. The molecule has 0 radical (unpaired) electrons. The van der Waals surface area contributed by atoms with E-state index in [-0.39, 0.29) is 6.04 Å². The topological polar surface area (TPSA) is 47.1 Å². The Morgan fingerprint density at radius 1 is 1.35 bits per heavy atom. The molecule has 17 heavy (non-hydrogen) atoms. The van der Waals surface area contributed by atoms with Gasteiger partial charge in [-0.25, -0.2) is 0 Å². The molecule has 1 rings (SSSR count). The van der Waals surface area contributed by atoms with Gasteiger partial charge in [0.1, 0.15) is 0 Å². The smallest absolute Gasteiger partial charge is 0.0641 e. The number of likely N-dealkylation sites (N-methyl/N-ethyl adjacent to an activating group) is 1. The van der Waals surface area contributed by atoms with Crippen LogP contribution < -0.4 is 5.73 Å². The van der Waals surface area contributed by atoms with Gasteiger partial charge in [-0.05, 0) is 26.8 Å². The maximum Gasteiger partial charge on any atom is 0.0641 e. The molecule has 1 atom stereocenters. The van der Waals surface area contributed by atoms with Gasteiger partial charge in [0.15, 0.2) is 0 Å². The quantitative estimate of drug-likeness (QED) is 0.844. The molecule has 0 spiro atoms. The first-order valence-electron chi connectivity index (χ1n) is 6.26. The summed E-state index contributed by atoms with van der Waals surface area (Å²) in [4.78, 5) is 2.28. The molecule has 4 heteroatoms. The molecule has 1 aromatic rings. The van der Waals surface area contributed by atoms with Gasteiger partial charge in [0.05, 0.1) is 5.69 Å². The summed E-state index contributed by atoms with van der Waals surface area (Å²) in [6.45, 7) is 10.4. The summed E-state index contributed by atoms with van der Waals surface area (Å²) in [6, 6.07) is 0.234. The zero-order valence-electron chi connectivity index (χ0n) is 12.0. The molecule has 0 saturated carbocycles. The van der Waals surface area contributed by atoms with Crippen molar-refractivity contribution in [1.82, 2.24) is 14.7 Å². The third kappa shape index (κ3) is 3.54. The van der Waals surface area contributed by atoms with Crippen molar-refractivity contribution < 1.29 is 0 Å². The molecule has 0 aromatic carbocycles. The van der Waals surface area contributed by atoms with E-state index in [2.05, 4.69) is 44.7 Å². The second kappa shape index (κ2) is 5.65. The number of nitrogens with two attached hydrogens (primary N) is 1. The first-order valence-corrected chi connectivity index (χ1v) is 6.26. The number of hydrogen-bond donors (Lipinski definition) is 1. The van der Waals surface area contributed by atoms with Crippen molar-refractivity contribution in [2.45, 2.75) is 40.3 Å². The maximum absolute atomic E-state index is 6.09. The van der Waals surface area contributed by atoms with E-state index in [1.165, 1.54) is 11.3 Å². The molecular weight excluding hydrogens is 212 g/mol. The molecule has 0 fully saturated rings. The summed E-state index contributed by atoms with van der Waals surface area (Å²) in [5, 5.41) is 4.44. The Labute approximate surface area is 105 Å². The number of nitrogens with zero attached hydrogens (tertiary/aromatic N) is 3. The molecule has 2 N–H and O–H groups in total. The van der Waals surface area contributed by atoms with E-state index in [0.29, 0.717) is 5.92 Å². The highest BCUT2D eigenvalue weighted by atomic mass is 15.3. The zero-order valence-corrected chi connectivity index (χ0v) is 12.0. The Morgan fingerprint density at radius 2 is 1.94 bits per heavy atom. The second-order valence-electron chi connectivity index (χ2n) is 5.38. The van der Waals surface area contributed by atoms with E-state index >= 15 is 0 Å². The second-order valence-corrected chi connectivity index (χ2v) is 5.38. The lowest BCUT2D eigenvalue weighted by atomic mass is 10.0. The van der Waals surface area contributed by atoms with Crippen molar-refractivity contribution in [3.05, 3.63) is 17.0 Å². The van der Waals surface area contributed by atoms with Crippen LogP contribution in [0.3, 0.4) is 0 Å². The Bertz CT molecular complexity index is 368. The van der Waals surface area contributed by atoms with E-state index in [1.807, 2.05) is 11.7 Å². The lowest BCUT2D eigenvalue weighted by molar-refractivity contribution is 0.276. The summed E-state index contributed by atoms with van der Waals surface area (Å²) in [7, 11) is 4.11. The summed E-state index contributed by atoms with van der Waals surface area (Å²) >= 11 is 0. The molecule has 98 valence electrons. The van der Waals surface area contributed by atoms with Gasteiger partial charge >= 0.3 is 0 Å². The minimum Gasteiger partial charge on any atom is -0.326 e. The summed E-state index contributed by atoms with van der Waals surface area (Å²) in [5.41, 5.74) is 9.78. The highest BCUT2D eigenvalue weighted by Gasteiger charge is 2.14. The van der Waals surface area contributed by atoms with Crippen molar-refractivity contribution in [2.75, 3.05) is 13.6 Å². The van der Waals surface area contributed by atoms with Gasteiger partial charge in [-0.2, -0.15) is 5.10 Å². The van der Waals surface area contributed by atoms with Gasteiger partial charge < -0.3 is 10.6 Å². The van der Waals surface area contributed by atoms with Gasteiger partial charge in [-0.15, -0.1) is 0 Å². The molecule has 0 unspecified atom stereocenters. The van der Waals surface area contributed by atoms with Gasteiger partial charge in [-0.1, -0.05) is 13.8 Å². The van der Waals surface area contributed by atoms with Crippen LogP contribution in [0.5, 0.6) is 0 Å². The Balaban J connectivity index is 2.65. The SMILES string of the molecule is Cc1nn(C)c(C)c1CN(C)C[C@@H](N)C(C)C. The molecule has 0 aliphatic heterocycles. The van der Waals surface area contributed by atoms with Crippen LogP contribution in [0, 0.1) is 19.8 Å². The third-order valence-electron chi connectivity index (χ3n) is 3.47. The summed E-state index contributed by atoms with van der Waals surface area (Å²) in [6.07, 6.45) is 0. The number of aromatic nitrogens is 2. The highest BCUT2D eigenvalue weighted by Crippen LogP contribution is 2.14. The van der Waals surface area contributed by atoms with E-state index in [9.17, 15) is 0 Å². The van der Waals surface area contributed by atoms with Crippen LogP contribution in [-0.4, -0.2) is 34.3 Å². The van der Waals surface area contributed by atoms with E-state index < -0.39 is 0 Å². The fourth-order valence-corrected chi connectivity index (χ4v) is 1.95. The third-order valence-corrected chi connectivity index (χ3v) is 3.47. The standard InChI is InChI=1S/C13H26N4/c1-9(2)13(14)8-16(5)7-12-10(3)15-17(6)11(12)4/h9,13H,7-8,14H2,1-6H3/t13-/m1/s1. The van der Waals surface area contributed by atoms with Crippen LogP contribution in [0.25, 0.3) is 0 Å². The zero-order chi connectivity index (χ0) is 13.2. The first-order chi connectivity index (χ1) is 7.82. The van der Waals surface area contributed by atoms with Crippen molar-refractivity contribution in [3.63, 3.8) is 0 Å². The molecule has 1 heterocycles. The molecule has 0 aliphatic carbocycles. The lowest BCUT2D eigenvalue weighted by Crippen LogP contribution is -2.38. The van der Waals surface area contributed by atoms with E-state index in [1.54, 1.807) is 0 Å². The number of aryl methyl sites for hydroxylation is 2. The van der Waals surface area contributed by atoms with E-state index in [0.717, 1.165) is 18.8 Å². The number of rotatable bonds is 5. The number of hydrogen-bond acceptors (Lipinski definition) is 3. The van der Waals surface area contributed by atoms with Crippen molar-refractivity contribution >= 4 is 0 Å². The maximum atomic E-state index is 6.09. The molecule has 0 saturated heterocycles.